The highest BCUT2D eigenvalue weighted by Gasteiger charge is 1.97. The molecule has 0 spiro atoms. The van der Waals surface area contributed by atoms with Crippen molar-refractivity contribution in [2.75, 3.05) is 0 Å². The van der Waals surface area contributed by atoms with Crippen molar-refractivity contribution in [1.29, 1.82) is 0 Å². The molecule has 0 saturated carbocycles. The van der Waals surface area contributed by atoms with Crippen molar-refractivity contribution >= 4 is 32.5 Å². The molecule has 0 aliphatic carbocycles. The van der Waals surface area contributed by atoms with Crippen LogP contribution in [0.15, 0.2) is 35.7 Å². The van der Waals surface area contributed by atoms with Crippen molar-refractivity contribution in [3.63, 3.8) is 0 Å². The summed E-state index contributed by atoms with van der Waals surface area (Å²) in [5.41, 5.74) is 0. The molecule has 94 valence electrons. The Bertz CT molecular complexity index is 435. The van der Waals surface area contributed by atoms with E-state index in [4.69, 9.17) is 0 Å². The van der Waals surface area contributed by atoms with Gasteiger partial charge in [-0.1, -0.05) is 49.5 Å². The lowest BCUT2D eigenvalue weighted by Gasteiger charge is -2.11. The molecule has 17 heavy (non-hydrogen) atoms. The van der Waals surface area contributed by atoms with Crippen molar-refractivity contribution in [2.45, 2.75) is 31.9 Å². The molecule has 1 heterocycles. The number of hydrogen-bond acceptors (Lipinski definition) is 3. The van der Waals surface area contributed by atoms with Crippen LogP contribution in [-0.2, 0) is 11.1 Å². The highest BCUT2D eigenvalue weighted by Crippen LogP contribution is 2.18. The summed E-state index contributed by atoms with van der Waals surface area (Å²) in [6.45, 7) is 3.69. The van der Waals surface area contributed by atoms with Gasteiger partial charge in [0.05, 0.1) is 0 Å². The number of fused-ring (bicyclic) bond motifs is 1. The first-order valence-electron chi connectivity index (χ1n) is 5.65. The molecule has 2 rings (SSSR count). The van der Waals surface area contributed by atoms with E-state index < -0.39 is 11.1 Å². The SMILES string of the molecule is CCCC(C)S(=O)[O-].c1ccc2sccc2c1. The van der Waals surface area contributed by atoms with E-state index in [1.165, 1.54) is 10.1 Å². The topological polar surface area (TPSA) is 40.1 Å². The minimum atomic E-state index is -1.86. The summed E-state index contributed by atoms with van der Waals surface area (Å²) in [7, 11) is 0. The van der Waals surface area contributed by atoms with Gasteiger partial charge in [0.1, 0.15) is 0 Å². The van der Waals surface area contributed by atoms with Crippen LogP contribution in [0.4, 0.5) is 0 Å². The third-order valence-electron chi connectivity index (χ3n) is 2.39. The smallest absolute Gasteiger partial charge is 0.0342 e. The zero-order valence-electron chi connectivity index (χ0n) is 10.1. The Morgan fingerprint density at radius 1 is 1.35 bits per heavy atom. The quantitative estimate of drug-likeness (QED) is 0.791. The second-order valence-electron chi connectivity index (χ2n) is 3.82. The van der Waals surface area contributed by atoms with Crippen LogP contribution in [0.5, 0.6) is 0 Å². The third kappa shape index (κ3) is 4.98. The molecule has 0 amide bonds. The van der Waals surface area contributed by atoms with Gasteiger partial charge in [0.2, 0.25) is 0 Å². The highest BCUT2D eigenvalue weighted by molar-refractivity contribution is 7.79. The molecule has 4 heteroatoms. The maximum absolute atomic E-state index is 10.1. The van der Waals surface area contributed by atoms with Gasteiger partial charge in [-0.25, -0.2) is 0 Å². The molecule has 1 aromatic carbocycles. The van der Waals surface area contributed by atoms with Crippen molar-refractivity contribution in [1.82, 2.24) is 0 Å². The van der Waals surface area contributed by atoms with Gasteiger partial charge in [0.25, 0.3) is 0 Å². The normalized spacial score (nSPS) is 13.8. The van der Waals surface area contributed by atoms with Crippen molar-refractivity contribution in [3.05, 3.63) is 35.7 Å². The summed E-state index contributed by atoms with van der Waals surface area (Å²) in [4.78, 5) is 0. The molecule has 0 radical (unpaired) electrons. The van der Waals surface area contributed by atoms with Crippen LogP contribution in [0.25, 0.3) is 10.1 Å². The van der Waals surface area contributed by atoms with E-state index in [1.54, 1.807) is 18.3 Å². The molecule has 2 atom stereocenters. The molecule has 0 saturated heterocycles. The average Bonchev–Trinajstić information content (AvgIpc) is 2.78. The molecule has 1 aromatic heterocycles. The van der Waals surface area contributed by atoms with Crippen molar-refractivity contribution < 1.29 is 8.76 Å². The van der Waals surface area contributed by atoms with Gasteiger partial charge >= 0.3 is 0 Å². The predicted molar refractivity (Wildman–Crippen MR) is 75.1 cm³/mol. The average molecular weight is 269 g/mol. The van der Waals surface area contributed by atoms with Crippen LogP contribution in [0.3, 0.4) is 0 Å². The van der Waals surface area contributed by atoms with E-state index in [2.05, 4.69) is 35.7 Å². The largest absolute Gasteiger partial charge is 0.772 e. The van der Waals surface area contributed by atoms with E-state index in [1.807, 2.05) is 6.92 Å². The van der Waals surface area contributed by atoms with Crippen LogP contribution in [0, 0.1) is 0 Å². The fourth-order valence-corrected chi connectivity index (χ4v) is 2.63. The van der Waals surface area contributed by atoms with Crippen LogP contribution in [0.2, 0.25) is 0 Å². The Morgan fingerprint density at radius 2 is 2.06 bits per heavy atom. The first kappa shape index (κ1) is 14.4. The lowest BCUT2D eigenvalue weighted by molar-refractivity contribution is 0.519. The van der Waals surface area contributed by atoms with E-state index in [9.17, 15) is 8.76 Å². The Morgan fingerprint density at radius 3 is 2.59 bits per heavy atom. The Labute approximate surface area is 109 Å². The predicted octanol–water partition coefficient (Wildman–Crippen LogP) is 3.96. The fraction of sp³-hybridized carbons (Fsp3) is 0.385. The Hall–Kier alpha value is -0.710. The zero-order valence-corrected chi connectivity index (χ0v) is 11.7. The number of rotatable bonds is 3. The van der Waals surface area contributed by atoms with Crippen molar-refractivity contribution in [3.8, 4) is 0 Å². The van der Waals surface area contributed by atoms with Gasteiger partial charge in [-0.15, -0.1) is 11.3 Å². The lowest BCUT2D eigenvalue weighted by Crippen LogP contribution is -2.08. The molecule has 2 unspecified atom stereocenters. The van der Waals surface area contributed by atoms with E-state index in [0.29, 0.717) is 0 Å². The summed E-state index contributed by atoms with van der Waals surface area (Å²) in [6, 6.07) is 10.5. The molecule has 0 fully saturated rings. The minimum Gasteiger partial charge on any atom is -0.772 e. The lowest BCUT2D eigenvalue weighted by atomic mass is 10.3. The summed E-state index contributed by atoms with van der Waals surface area (Å²) in [5.74, 6) is 0. The zero-order chi connectivity index (χ0) is 12.7. The minimum absolute atomic E-state index is 0.167. The van der Waals surface area contributed by atoms with Gasteiger partial charge < -0.3 is 4.55 Å². The van der Waals surface area contributed by atoms with Gasteiger partial charge in [-0.2, -0.15) is 0 Å². The summed E-state index contributed by atoms with van der Waals surface area (Å²) in [5, 5.41) is 3.30. The van der Waals surface area contributed by atoms with Crippen LogP contribution < -0.4 is 0 Å². The fourth-order valence-electron chi connectivity index (χ4n) is 1.41. The van der Waals surface area contributed by atoms with E-state index >= 15 is 0 Å². The van der Waals surface area contributed by atoms with Crippen molar-refractivity contribution in [2.24, 2.45) is 0 Å². The Kier molecular flexibility index (Phi) is 6.40. The number of thiophene rings is 1. The van der Waals surface area contributed by atoms with Gasteiger partial charge in [-0.05, 0) is 29.3 Å². The molecular formula is C13H17O2S2-. The maximum Gasteiger partial charge on any atom is 0.0342 e. The Balaban J connectivity index is 0.000000172. The summed E-state index contributed by atoms with van der Waals surface area (Å²) >= 11 is -0.0729. The van der Waals surface area contributed by atoms with E-state index in [-0.39, 0.29) is 5.25 Å². The molecule has 0 aliphatic heterocycles. The van der Waals surface area contributed by atoms with Crippen LogP contribution >= 0.6 is 11.3 Å². The first-order chi connectivity index (χ1) is 8.15. The first-order valence-corrected chi connectivity index (χ1v) is 7.67. The van der Waals surface area contributed by atoms with Gasteiger partial charge in [0, 0.05) is 9.95 Å². The molecule has 0 bridgehead atoms. The molecule has 2 aromatic rings. The summed E-state index contributed by atoms with van der Waals surface area (Å²) in [6.07, 6.45) is 1.71. The van der Waals surface area contributed by atoms with Crippen LogP contribution in [0.1, 0.15) is 26.7 Å². The number of benzene rings is 1. The second-order valence-corrected chi connectivity index (χ2v) is 6.09. The molecule has 0 N–H and O–H groups in total. The third-order valence-corrected chi connectivity index (χ3v) is 4.18. The maximum atomic E-state index is 10.1. The second kappa shape index (κ2) is 7.58. The monoisotopic (exact) mass is 269 g/mol. The van der Waals surface area contributed by atoms with Gasteiger partial charge in [0.15, 0.2) is 0 Å². The molecule has 0 aliphatic rings. The standard InChI is InChI=1S/C8H6S.C5H12O2S/c1-2-4-8-7(3-1)5-6-9-8;1-3-4-5(2)8(6)7/h1-6H;5H,3-4H2,1-2H3,(H,6,7)/p-1. The summed E-state index contributed by atoms with van der Waals surface area (Å²) < 4.78 is 21.6. The molecular weight excluding hydrogens is 252 g/mol. The molecule has 2 nitrogen and oxygen atoms in total. The number of hydrogen-bond donors (Lipinski definition) is 0. The van der Waals surface area contributed by atoms with E-state index in [0.717, 1.165) is 12.8 Å². The van der Waals surface area contributed by atoms with Crippen LogP contribution in [-0.4, -0.2) is 14.0 Å². The van der Waals surface area contributed by atoms with Gasteiger partial charge in [-0.3, -0.25) is 4.21 Å². The highest BCUT2D eigenvalue weighted by atomic mass is 32.2.